The minimum atomic E-state index is -3.79. The summed E-state index contributed by atoms with van der Waals surface area (Å²) < 4.78 is 142. The molecule has 0 unspecified atom stereocenters. The van der Waals surface area contributed by atoms with Gasteiger partial charge in [-0.3, -0.25) is 19.9 Å². The number of hydrogen-bond acceptors (Lipinski definition) is 28. The van der Waals surface area contributed by atoms with E-state index in [0.717, 1.165) is 113 Å². The molecule has 7 aliphatic rings. The lowest BCUT2D eigenvalue weighted by molar-refractivity contribution is 0.112. The molecule has 19 rings (SSSR count). The molecule has 0 atom stereocenters. The van der Waals surface area contributed by atoms with Crippen molar-refractivity contribution < 1.29 is 62.8 Å². The molecular weight excluding hydrogens is 1900 g/mol. The molecule has 40 nitrogen and oxygen atoms in total. The zero-order valence-corrected chi connectivity index (χ0v) is 86.1. The number of imidazole rings is 4. The largest absolute Gasteiger partial charge is 0.493 e. The standard InChI is InChI=1S/C26H36N6O4S.C25H34N6O4S.C25H33N5O5S.C22H29N5O5S/c1-4-22-27-23(18-9-7-8-10-18)25-28-24(29-26(33)32(22)25)20-17-19(11-12-21(20)36-6-3)37(34,35)31-15-13-30(5-2)14-16-31;1-4-21-26-22(17-8-6-7-9-17)24-27-23(28-25(32)31(21)24)19-16-18(10-11-20(19)35-5-2)36(33,34)30-14-12-29(3)13-15-30;1-3-21-26-22(16-7-5-6-8-16)24-27-23(28-25(32)30(21)24)19-15-18(9-10-20(19)35-4-2)36(33,34)29-13-11-17(31)12-14-29;1-4-6-18-21-24-20(25-22(29)27(21)14(3)23-18)17-13-16(7-8-19(17)32-5-2)33(30,31)26-11-9-15(28)10-12-26/h11-12,17-18H,4-10,13-16H2,1-3H3,(H,28,29,33);10-11,16-17H,4-9,12-15H2,1-3H3,(H,27,28,32);9-10,15-17,31H,3-8,11-14H2,1-2H3,(H,27,28,32);7-8,13,15,28H,4-6,9-12H2,1-3H3,(H,24,25,29). The quantitative estimate of drug-likeness (QED) is 0.0254. The van der Waals surface area contributed by atoms with Gasteiger partial charge in [-0.05, 0) is 192 Å². The first kappa shape index (κ1) is 104. The molecule has 4 saturated heterocycles. The van der Waals surface area contributed by atoms with E-state index in [1.54, 1.807) is 64.3 Å². The van der Waals surface area contributed by atoms with Crippen LogP contribution in [0.2, 0.25) is 0 Å². The normalized spacial score (nSPS) is 17.7. The lowest BCUT2D eigenvalue weighted by Gasteiger charge is -2.33. The molecule has 12 aromatic rings. The maximum Gasteiger partial charge on any atom is 0.334 e. The van der Waals surface area contributed by atoms with E-state index in [0.29, 0.717) is 221 Å². The number of rotatable bonds is 29. The number of nitrogens with one attached hydrogen (secondary N) is 4. The number of H-pyrrole nitrogens is 4. The van der Waals surface area contributed by atoms with E-state index in [2.05, 4.69) is 46.6 Å². The number of aliphatic hydroxyl groups is 2. The van der Waals surface area contributed by atoms with Gasteiger partial charge in [0.15, 0.2) is 22.6 Å². The number of piperidine rings is 2. The predicted molar refractivity (Wildman–Crippen MR) is 536 cm³/mol. The van der Waals surface area contributed by atoms with Crippen LogP contribution in [-0.4, -0.2) is 279 Å². The molecule has 4 aromatic carbocycles. The van der Waals surface area contributed by atoms with Crippen LogP contribution in [0.5, 0.6) is 23.0 Å². The summed E-state index contributed by atoms with van der Waals surface area (Å²) in [7, 11) is -13.0. The molecule has 142 heavy (non-hydrogen) atoms. The number of benzene rings is 4. The smallest absolute Gasteiger partial charge is 0.334 e. The summed E-state index contributed by atoms with van der Waals surface area (Å²) in [6, 6.07) is 18.8. The highest BCUT2D eigenvalue weighted by molar-refractivity contribution is 7.90. The number of aliphatic hydroxyl groups excluding tert-OH is 2. The van der Waals surface area contributed by atoms with E-state index >= 15 is 0 Å². The lowest BCUT2D eigenvalue weighted by Crippen LogP contribution is -2.48. The topological polar surface area (TPSA) is 486 Å². The average Bonchev–Trinajstić information content (AvgIpc) is 1.58. The molecule has 8 aromatic heterocycles. The number of aryl methyl sites for hydroxylation is 5. The summed E-state index contributed by atoms with van der Waals surface area (Å²) in [5.74, 6) is 6.25. The van der Waals surface area contributed by atoms with Crippen LogP contribution in [0.1, 0.15) is 235 Å². The van der Waals surface area contributed by atoms with Gasteiger partial charge in [0.25, 0.3) is 0 Å². The van der Waals surface area contributed by atoms with Crippen LogP contribution in [0.15, 0.2) is 112 Å². The fourth-order valence-electron chi connectivity index (χ4n) is 20.2. The molecule has 44 heteroatoms. The Morgan fingerprint density at radius 3 is 0.894 bits per heavy atom. The maximum absolute atomic E-state index is 13.5. The molecule has 0 bridgehead atoms. The van der Waals surface area contributed by atoms with Gasteiger partial charge in [0.05, 0.1) is 103 Å². The first-order chi connectivity index (χ1) is 68.3. The van der Waals surface area contributed by atoms with Crippen molar-refractivity contribution in [3.05, 3.63) is 161 Å². The van der Waals surface area contributed by atoms with Gasteiger partial charge in [-0.25, -0.2) is 110 Å². The Morgan fingerprint density at radius 2 is 0.620 bits per heavy atom. The van der Waals surface area contributed by atoms with Gasteiger partial charge < -0.3 is 39.0 Å². The van der Waals surface area contributed by atoms with Crippen molar-refractivity contribution in [1.29, 1.82) is 0 Å². The fraction of sp³-hybridized carbons (Fsp3) is 0.551. The van der Waals surface area contributed by atoms with E-state index in [-0.39, 0.29) is 104 Å². The van der Waals surface area contributed by atoms with Crippen molar-refractivity contribution in [2.75, 3.05) is 119 Å². The third-order valence-electron chi connectivity index (χ3n) is 27.8. The molecule has 12 heterocycles. The van der Waals surface area contributed by atoms with Crippen molar-refractivity contribution in [3.8, 4) is 68.5 Å². The van der Waals surface area contributed by atoms with Gasteiger partial charge in [0.2, 0.25) is 40.1 Å². The summed E-state index contributed by atoms with van der Waals surface area (Å²) in [4.78, 5) is 107. The van der Waals surface area contributed by atoms with E-state index < -0.39 is 58.0 Å². The Labute approximate surface area is 826 Å². The number of hydrogen-bond donors (Lipinski definition) is 6. The lowest BCUT2D eigenvalue weighted by atomic mass is 10.0. The van der Waals surface area contributed by atoms with Crippen molar-refractivity contribution in [3.63, 3.8) is 0 Å². The van der Waals surface area contributed by atoms with Gasteiger partial charge >= 0.3 is 22.8 Å². The Morgan fingerprint density at radius 1 is 0.345 bits per heavy atom. The number of fused-ring (bicyclic) bond motifs is 4. The van der Waals surface area contributed by atoms with Gasteiger partial charge in [-0.1, -0.05) is 79.6 Å². The van der Waals surface area contributed by atoms with Crippen LogP contribution in [0.3, 0.4) is 0 Å². The summed E-state index contributed by atoms with van der Waals surface area (Å²) in [6.45, 7) is 27.1. The first-order valence-electron chi connectivity index (χ1n) is 50.2. The zero-order chi connectivity index (χ0) is 101. The highest BCUT2D eigenvalue weighted by Crippen LogP contribution is 2.43. The molecule has 766 valence electrons. The van der Waals surface area contributed by atoms with Crippen LogP contribution in [0.25, 0.3) is 68.1 Å². The number of likely N-dealkylation sites (N-methyl/N-ethyl adjacent to an activating group) is 2. The Bertz CT molecular complexity index is 7090. The van der Waals surface area contributed by atoms with Crippen molar-refractivity contribution in [2.45, 2.75) is 254 Å². The minimum Gasteiger partial charge on any atom is -0.493 e. The fourth-order valence-corrected chi connectivity index (χ4v) is 26.0. The molecule has 3 aliphatic carbocycles. The van der Waals surface area contributed by atoms with Crippen molar-refractivity contribution in [1.82, 2.24) is 104 Å². The van der Waals surface area contributed by atoms with Gasteiger partial charge in [-0.15, -0.1) is 0 Å². The summed E-state index contributed by atoms with van der Waals surface area (Å²) in [5, 5.41) is 19.5. The molecule has 3 saturated carbocycles. The van der Waals surface area contributed by atoms with Crippen LogP contribution in [0.4, 0.5) is 0 Å². The van der Waals surface area contributed by atoms with Crippen LogP contribution in [0, 0.1) is 6.92 Å². The van der Waals surface area contributed by atoms with Gasteiger partial charge in [0, 0.05) is 116 Å². The molecule has 0 spiro atoms. The number of aromatic amines is 4. The third kappa shape index (κ3) is 21.6. The van der Waals surface area contributed by atoms with Gasteiger partial charge in [-0.2, -0.15) is 17.2 Å². The second-order valence-electron chi connectivity index (χ2n) is 37.0. The number of piperazine rings is 2. The highest BCUT2D eigenvalue weighted by atomic mass is 32.2. The Kier molecular flexibility index (Phi) is 32.7. The maximum atomic E-state index is 13.5. The number of ether oxygens (including phenoxy) is 4. The Balaban J connectivity index is 0.000000136. The SMILES string of the molecule is CCCc1nc(C)n2c(=O)[nH]c(-c3cc(S(=O)(=O)N4CCC(O)CC4)ccc3OCC)nc12.CCOc1ccc(S(=O)(=O)N2CCC(O)CC2)cc1-c1nc2c(C3CCCC3)nc(CC)n2c(=O)[nH]1.CCOc1ccc(S(=O)(=O)N2CCN(C)CC2)cc1-c1nc2c(C3CCCC3)nc(CC)n2c(=O)[nH]1.CCOc1ccc(S(=O)(=O)N2CCN(CC)CC2)cc1-c1nc2c(C3CCCC3)nc(CC)n2c(=O)[nH]1. The molecule has 4 aliphatic heterocycles. The minimum absolute atomic E-state index is 0.0818. The van der Waals surface area contributed by atoms with Crippen molar-refractivity contribution >= 4 is 62.7 Å². The second kappa shape index (κ2) is 44.7. The van der Waals surface area contributed by atoms with E-state index in [1.165, 1.54) is 50.3 Å². The van der Waals surface area contributed by atoms with Crippen molar-refractivity contribution in [2.24, 2.45) is 0 Å². The number of nitrogens with zero attached hydrogens (tertiary/aromatic N) is 18. The number of aromatic nitrogens is 16. The molecule has 0 amide bonds. The highest BCUT2D eigenvalue weighted by Gasteiger charge is 2.38. The molecule has 7 fully saturated rings. The van der Waals surface area contributed by atoms with Crippen LogP contribution >= 0.6 is 0 Å². The van der Waals surface area contributed by atoms with E-state index in [9.17, 15) is 63.1 Å². The summed E-state index contributed by atoms with van der Waals surface area (Å²) in [6.07, 6.45) is 16.9. The van der Waals surface area contributed by atoms with Gasteiger partial charge in [0.1, 0.15) is 69.6 Å². The second-order valence-corrected chi connectivity index (χ2v) is 44.7. The van der Waals surface area contributed by atoms with E-state index in [4.69, 9.17) is 48.9 Å². The third-order valence-corrected chi connectivity index (χ3v) is 35.4. The average molecular weight is 2030 g/mol. The summed E-state index contributed by atoms with van der Waals surface area (Å²) >= 11 is 0. The van der Waals surface area contributed by atoms with E-state index in [1.807, 2.05) is 62.4 Å². The predicted octanol–water partition coefficient (Wildman–Crippen LogP) is 10.4. The molecule has 6 N–H and O–H groups in total. The first-order valence-corrected chi connectivity index (χ1v) is 55.9. The molecular formula is C98H132N22O18S4. The number of sulfonamides is 4. The monoisotopic (exact) mass is 2030 g/mol. The molecule has 0 radical (unpaired) electrons. The van der Waals surface area contributed by atoms with Crippen LogP contribution in [-0.2, 0) is 65.8 Å². The van der Waals surface area contributed by atoms with Crippen LogP contribution < -0.4 is 41.7 Å². The summed E-state index contributed by atoms with van der Waals surface area (Å²) in [5.41, 5.74) is 5.62. The zero-order valence-electron chi connectivity index (χ0n) is 82.8. The Hall–Kier alpha value is -11.0.